The van der Waals surface area contributed by atoms with E-state index in [9.17, 15) is 0 Å². The van der Waals surface area contributed by atoms with Crippen LogP contribution >= 0.6 is 0 Å². The first-order valence-electron chi connectivity index (χ1n) is 20.5. The number of aromatic nitrogens is 4. The van der Waals surface area contributed by atoms with Gasteiger partial charge in [0.1, 0.15) is 0 Å². The van der Waals surface area contributed by atoms with Gasteiger partial charge in [-0.15, -0.1) is 0 Å². The van der Waals surface area contributed by atoms with E-state index in [1.54, 1.807) is 0 Å². The lowest BCUT2D eigenvalue weighted by Crippen LogP contribution is -2.00. The molecular formula is C56H45N5. The van der Waals surface area contributed by atoms with Crippen molar-refractivity contribution in [3.05, 3.63) is 254 Å². The molecule has 5 nitrogen and oxygen atoms in total. The van der Waals surface area contributed by atoms with Crippen LogP contribution in [0, 0.1) is 0 Å². The minimum absolute atomic E-state index is 0.493. The molecule has 0 unspecified atom stereocenters. The Balaban J connectivity index is 1.10. The van der Waals surface area contributed by atoms with Crippen LogP contribution in [0.15, 0.2) is 242 Å². The number of benzene rings is 5. The van der Waals surface area contributed by atoms with Gasteiger partial charge in [0.05, 0.1) is 35.0 Å². The molecule has 0 radical (unpaired) electrons. The van der Waals surface area contributed by atoms with Gasteiger partial charge in [-0.3, -0.25) is 4.99 Å². The molecule has 2 aromatic heterocycles. The van der Waals surface area contributed by atoms with Gasteiger partial charge in [0, 0.05) is 33.4 Å². The van der Waals surface area contributed by atoms with Crippen LogP contribution in [-0.2, 0) is 0 Å². The van der Waals surface area contributed by atoms with Gasteiger partial charge in [-0.1, -0.05) is 213 Å². The number of nitrogens with zero attached hydrogens (tertiary/aromatic N) is 5. The molecule has 0 N–H and O–H groups in total. The van der Waals surface area contributed by atoms with Crippen molar-refractivity contribution < 1.29 is 0 Å². The van der Waals surface area contributed by atoms with Crippen LogP contribution in [0.2, 0.25) is 0 Å². The molecule has 1 aliphatic rings. The van der Waals surface area contributed by atoms with Crippen LogP contribution in [0.1, 0.15) is 30.1 Å². The van der Waals surface area contributed by atoms with Gasteiger partial charge in [-0.25, -0.2) is 19.9 Å². The molecule has 7 aromatic rings. The predicted octanol–water partition coefficient (Wildman–Crippen LogP) is 13.5. The largest absolute Gasteiger partial charge is 0.281 e. The van der Waals surface area contributed by atoms with E-state index in [1.807, 2.05) is 97.1 Å². The molecule has 0 saturated carbocycles. The van der Waals surface area contributed by atoms with Gasteiger partial charge < -0.3 is 0 Å². The number of hydrogen-bond donors (Lipinski definition) is 0. The molecule has 61 heavy (non-hydrogen) atoms. The fraction of sp³-hybridized carbons (Fsp3) is 0.0536. The minimum Gasteiger partial charge on any atom is -0.281 e. The van der Waals surface area contributed by atoms with Crippen molar-refractivity contribution in [1.29, 1.82) is 0 Å². The van der Waals surface area contributed by atoms with E-state index < -0.39 is 0 Å². The van der Waals surface area contributed by atoms with Crippen molar-refractivity contribution in [3.8, 4) is 45.0 Å². The maximum Gasteiger partial charge on any atom is 0.160 e. The number of hydrogen-bond acceptors (Lipinski definition) is 5. The normalized spacial score (nSPS) is 16.2. The summed E-state index contributed by atoms with van der Waals surface area (Å²) < 4.78 is 0. The van der Waals surface area contributed by atoms with Crippen molar-refractivity contribution in [2.24, 2.45) is 4.99 Å². The number of aliphatic imine (C=N–C) groups is 1. The number of rotatable bonds is 11. The van der Waals surface area contributed by atoms with Crippen molar-refractivity contribution in [2.75, 3.05) is 6.54 Å². The maximum atomic E-state index is 5.10. The lowest BCUT2D eigenvalue weighted by molar-refractivity contribution is 1.12. The summed E-state index contributed by atoms with van der Waals surface area (Å²) in [5, 5.41) is 0. The molecule has 0 spiro atoms. The van der Waals surface area contributed by atoms with Crippen molar-refractivity contribution in [3.63, 3.8) is 0 Å². The highest BCUT2D eigenvalue weighted by Crippen LogP contribution is 2.28. The molecule has 8 rings (SSSR count). The van der Waals surface area contributed by atoms with Crippen LogP contribution in [0.25, 0.3) is 56.2 Å². The second-order valence-electron chi connectivity index (χ2n) is 14.4. The molecule has 0 amide bonds. The summed E-state index contributed by atoms with van der Waals surface area (Å²) in [6.45, 7) is 4.63. The molecule has 0 atom stereocenters. The summed E-state index contributed by atoms with van der Waals surface area (Å²) >= 11 is 0. The molecule has 0 saturated heterocycles. The third kappa shape index (κ3) is 10.6. The summed E-state index contributed by atoms with van der Waals surface area (Å²) in [4.78, 5) is 25.3. The summed E-state index contributed by atoms with van der Waals surface area (Å²) in [5.41, 5.74) is 12.5. The Morgan fingerprint density at radius 2 is 1.02 bits per heavy atom. The van der Waals surface area contributed by atoms with E-state index in [-0.39, 0.29) is 0 Å². The highest BCUT2D eigenvalue weighted by molar-refractivity contribution is 6.09. The molecule has 3 heterocycles. The quantitative estimate of drug-likeness (QED) is 0.123. The highest BCUT2D eigenvalue weighted by atomic mass is 14.9. The average Bonchev–Trinajstić information content (AvgIpc) is 3.33. The molecular weight excluding hydrogens is 743 g/mol. The molecule has 0 fully saturated rings. The number of allylic oxidation sites excluding steroid dienone is 12. The highest BCUT2D eigenvalue weighted by Gasteiger charge is 2.13. The first-order chi connectivity index (χ1) is 30.2. The van der Waals surface area contributed by atoms with Crippen molar-refractivity contribution >= 4 is 16.9 Å². The summed E-state index contributed by atoms with van der Waals surface area (Å²) in [6, 6.07) is 55.4. The van der Waals surface area contributed by atoms with Crippen LogP contribution in [-0.4, -0.2) is 32.2 Å². The second kappa shape index (κ2) is 20.2. The zero-order valence-corrected chi connectivity index (χ0v) is 33.9. The van der Waals surface area contributed by atoms with Gasteiger partial charge in [0.15, 0.2) is 11.6 Å². The first kappa shape index (κ1) is 39.9. The zero-order chi connectivity index (χ0) is 41.5. The van der Waals surface area contributed by atoms with E-state index >= 15 is 0 Å². The SMILES string of the molecule is C=C/C(=C\C=C/CC1=C/C(c2ccccc2)=NC/C=C\C(c2nc(-c3ccccc3)cc(-c3ccccc3)n2)=C/C\C=C\1)c1nc(-c2ccccc2)cc(-c2ccccc2)n1. The second-order valence-corrected chi connectivity index (χ2v) is 14.4. The minimum atomic E-state index is 0.493. The monoisotopic (exact) mass is 787 g/mol. The Hall–Kier alpha value is -7.89. The maximum absolute atomic E-state index is 5.10. The lowest BCUT2D eigenvalue weighted by Gasteiger charge is -2.10. The fourth-order valence-corrected chi connectivity index (χ4v) is 6.95. The Labute approximate surface area is 358 Å². The standard InChI is InChI=1S/C56H45N5/c1-2-43(55-58-51(45-28-10-4-11-29-45)40-52(59-55)46-30-12-5-13-31-46)25-20-18-23-42-24-19-21-36-49(37-22-38-57-50(39-42)44-26-8-3-9-27-44)56-60-53(47-32-14-6-15-33-47)41-54(61-56)48-34-16-7-17-35-48/h2-20,22,24-37,39-41H,1,21,23,38H2/b20-18-,24-19+,37-22-,42-39-,43-25+,49-36+,57-50?. The van der Waals surface area contributed by atoms with E-state index in [4.69, 9.17) is 24.9 Å². The van der Waals surface area contributed by atoms with E-state index in [2.05, 4.69) is 134 Å². The van der Waals surface area contributed by atoms with Crippen molar-refractivity contribution in [2.45, 2.75) is 12.8 Å². The van der Waals surface area contributed by atoms with E-state index in [0.717, 1.165) is 73.0 Å². The molecule has 5 aromatic carbocycles. The third-order valence-corrected chi connectivity index (χ3v) is 10.1. The van der Waals surface area contributed by atoms with Crippen molar-refractivity contribution in [1.82, 2.24) is 19.9 Å². The molecule has 0 aliphatic carbocycles. The molecule has 294 valence electrons. The van der Waals surface area contributed by atoms with Gasteiger partial charge in [-0.2, -0.15) is 0 Å². The summed E-state index contributed by atoms with van der Waals surface area (Å²) in [5.74, 6) is 1.29. The Bertz CT molecular complexity index is 2680. The van der Waals surface area contributed by atoms with Crippen LogP contribution in [0.4, 0.5) is 0 Å². The average molecular weight is 788 g/mol. The fourth-order valence-electron chi connectivity index (χ4n) is 6.95. The van der Waals surface area contributed by atoms with Crippen LogP contribution in [0.3, 0.4) is 0 Å². The van der Waals surface area contributed by atoms with E-state index in [1.165, 1.54) is 0 Å². The Morgan fingerprint density at radius 1 is 0.541 bits per heavy atom. The Kier molecular flexibility index (Phi) is 13.2. The summed E-state index contributed by atoms with van der Waals surface area (Å²) in [7, 11) is 0. The van der Waals surface area contributed by atoms with Gasteiger partial charge in [0.25, 0.3) is 0 Å². The third-order valence-electron chi connectivity index (χ3n) is 10.1. The first-order valence-corrected chi connectivity index (χ1v) is 20.5. The smallest absolute Gasteiger partial charge is 0.160 e. The van der Waals surface area contributed by atoms with Gasteiger partial charge in [-0.05, 0) is 42.2 Å². The lowest BCUT2D eigenvalue weighted by atomic mass is 10.0. The van der Waals surface area contributed by atoms with Crippen LogP contribution < -0.4 is 0 Å². The van der Waals surface area contributed by atoms with E-state index in [0.29, 0.717) is 31.0 Å². The molecule has 1 aliphatic heterocycles. The predicted molar refractivity (Wildman–Crippen MR) is 255 cm³/mol. The Morgan fingerprint density at radius 3 is 1.51 bits per heavy atom. The molecule has 0 bridgehead atoms. The zero-order valence-electron chi connectivity index (χ0n) is 33.9. The van der Waals surface area contributed by atoms with Gasteiger partial charge >= 0.3 is 0 Å². The molecule has 5 heteroatoms. The van der Waals surface area contributed by atoms with Gasteiger partial charge in [0.2, 0.25) is 0 Å². The topological polar surface area (TPSA) is 63.9 Å². The van der Waals surface area contributed by atoms with Crippen LogP contribution in [0.5, 0.6) is 0 Å². The summed E-state index contributed by atoms with van der Waals surface area (Å²) in [6.07, 6.45) is 22.4.